The van der Waals surface area contributed by atoms with E-state index in [1.54, 1.807) is 12.1 Å². The van der Waals surface area contributed by atoms with E-state index in [1.807, 2.05) is 0 Å². The molecule has 1 aliphatic rings. The molecule has 1 saturated heterocycles. The second-order valence-electron chi connectivity index (χ2n) is 3.66. The molecule has 6 heteroatoms. The van der Waals surface area contributed by atoms with Gasteiger partial charge in [0.15, 0.2) is 0 Å². The number of nitrogens with zero attached hydrogens (tertiary/aromatic N) is 1. The van der Waals surface area contributed by atoms with Crippen LogP contribution in [0.5, 0.6) is 0 Å². The summed E-state index contributed by atoms with van der Waals surface area (Å²) in [5.41, 5.74) is 0.479. The Morgan fingerprint density at radius 2 is 2.06 bits per heavy atom. The maximum absolute atomic E-state index is 9.72. The average molecular weight is 246 g/mol. The monoisotopic (exact) mass is 245 g/mol. The lowest BCUT2D eigenvalue weighted by Crippen LogP contribution is -2.32. The molecule has 4 atom stereocenters. The lowest BCUT2D eigenvalue weighted by Gasteiger charge is -2.13. The summed E-state index contributed by atoms with van der Waals surface area (Å²) in [6, 6.07) is 3.24. The quantitative estimate of drug-likeness (QED) is 0.677. The number of pyridine rings is 1. The van der Waals surface area contributed by atoms with Crippen molar-refractivity contribution in [3.05, 3.63) is 29.0 Å². The number of aliphatic hydroxyl groups excluding tert-OH is 3. The van der Waals surface area contributed by atoms with E-state index in [-0.39, 0.29) is 6.61 Å². The van der Waals surface area contributed by atoms with E-state index in [1.165, 1.54) is 6.20 Å². The van der Waals surface area contributed by atoms with Crippen LogP contribution in [0.15, 0.2) is 18.3 Å². The molecule has 16 heavy (non-hydrogen) atoms. The first-order valence-electron chi connectivity index (χ1n) is 4.87. The molecule has 5 nitrogen and oxygen atoms in total. The molecule has 2 heterocycles. The van der Waals surface area contributed by atoms with Gasteiger partial charge in [0.05, 0.1) is 17.3 Å². The molecule has 0 radical (unpaired) electrons. The first-order valence-corrected chi connectivity index (χ1v) is 5.25. The van der Waals surface area contributed by atoms with Crippen LogP contribution >= 0.6 is 11.6 Å². The Morgan fingerprint density at radius 3 is 2.56 bits per heavy atom. The molecule has 1 aliphatic heterocycles. The van der Waals surface area contributed by atoms with Gasteiger partial charge < -0.3 is 20.1 Å². The molecule has 3 N–H and O–H groups in total. The van der Waals surface area contributed by atoms with Crippen molar-refractivity contribution in [1.82, 2.24) is 4.98 Å². The fraction of sp³-hybridized carbons (Fsp3) is 0.500. The third-order valence-electron chi connectivity index (χ3n) is 2.58. The average Bonchev–Trinajstić information content (AvgIpc) is 2.57. The largest absolute Gasteiger partial charge is 0.394 e. The minimum Gasteiger partial charge on any atom is -0.394 e. The SMILES string of the molecule is OC[C@H]1OC(c2ccc(Cl)cn2)[C@H](O)[C@@H]1O. The normalized spacial score (nSPS) is 34.2. The van der Waals surface area contributed by atoms with Crippen molar-refractivity contribution in [3.63, 3.8) is 0 Å². The zero-order chi connectivity index (χ0) is 11.7. The summed E-state index contributed by atoms with van der Waals surface area (Å²) in [5.74, 6) is 0. The topological polar surface area (TPSA) is 82.8 Å². The highest BCUT2D eigenvalue weighted by atomic mass is 35.5. The van der Waals surface area contributed by atoms with E-state index < -0.39 is 24.4 Å². The molecule has 0 aromatic carbocycles. The number of ether oxygens (including phenoxy) is 1. The van der Waals surface area contributed by atoms with Crippen molar-refractivity contribution >= 4 is 11.6 Å². The van der Waals surface area contributed by atoms with Crippen LogP contribution in [0, 0.1) is 0 Å². The van der Waals surface area contributed by atoms with Gasteiger partial charge in [0.2, 0.25) is 0 Å². The zero-order valence-corrected chi connectivity index (χ0v) is 9.08. The van der Waals surface area contributed by atoms with Gasteiger partial charge in [0, 0.05) is 6.20 Å². The van der Waals surface area contributed by atoms with Crippen LogP contribution in [-0.2, 0) is 4.74 Å². The molecule has 2 rings (SSSR count). The van der Waals surface area contributed by atoms with Gasteiger partial charge in [-0.2, -0.15) is 0 Å². The first-order chi connectivity index (χ1) is 7.63. The third kappa shape index (κ3) is 2.05. The second kappa shape index (κ2) is 4.65. The summed E-state index contributed by atoms with van der Waals surface area (Å²) in [4.78, 5) is 4.00. The molecule has 1 aromatic heterocycles. The molecule has 0 aliphatic carbocycles. The Kier molecular flexibility index (Phi) is 3.41. The number of halogens is 1. The Hall–Kier alpha value is -0.720. The fourth-order valence-electron chi connectivity index (χ4n) is 1.70. The Morgan fingerprint density at radius 1 is 1.31 bits per heavy atom. The van der Waals surface area contributed by atoms with Crippen LogP contribution in [0.3, 0.4) is 0 Å². The smallest absolute Gasteiger partial charge is 0.128 e. The fourth-order valence-corrected chi connectivity index (χ4v) is 1.81. The van der Waals surface area contributed by atoms with Gasteiger partial charge in [-0.15, -0.1) is 0 Å². The van der Waals surface area contributed by atoms with Crippen molar-refractivity contribution in [3.8, 4) is 0 Å². The number of aromatic nitrogens is 1. The predicted octanol–water partition coefficient (Wildman–Crippen LogP) is -0.111. The minimum atomic E-state index is -1.10. The van der Waals surface area contributed by atoms with E-state index in [0.29, 0.717) is 10.7 Å². The molecule has 0 bridgehead atoms. The minimum absolute atomic E-state index is 0.345. The summed E-state index contributed by atoms with van der Waals surface area (Å²) in [7, 11) is 0. The molecule has 88 valence electrons. The van der Waals surface area contributed by atoms with Crippen molar-refractivity contribution in [2.24, 2.45) is 0 Å². The van der Waals surface area contributed by atoms with Gasteiger partial charge in [0.25, 0.3) is 0 Å². The molecule has 1 unspecified atom stereocenters. The van der Waals surface area contributed by atoms with Crippen LogP contribution in [0.2, 0.25) is 5.02 Å². The van der Waals surface area contributed by atoms with Gasteiger partial charge in [-0.25, -0.2) is 0 Å². The molecule has 0 spiro atoms. The Labute approximate surface area is 97.3 Å². The van der Waals surface area contributed by atoms with Crippen molar-refractivity contribution in [2.45, 2.75) is 24.4 Å². The van der Waals surface area contributed by atoms with Crippen LogP contribution in [-0.4, -0.2) is 45.2 Å². The maximum Gasteiger partial charge on any atom is 0.128 e. The van der Waals surface area contributed by atoms with Gasteiger partial charge in [-0.05, 0) is 12.1 Å². The van der Waals surface area contributed by atoms with Crippen molar-refractivity contribution in [1.29, 1.82) is 0 Å². The Balaban J connectivity index is 2.19. The van der Waals surface area contributed by atoms with E-state index in [2.05, 4.69) is 4.98 Å². The Bertz CT molecular complexity index is 358. The molecule has 1 aromatic rings. The summed E-state index contributed by atoms with van der Waals surface area (Å²) in [5, 5.41) is 28.7. The van der Waals surface area contributed by atoms with Crippen molar-refractivity contribution < 1.29 is 20.1 Å². The van der Waals surface area contributed by atoms with Crippen LogP contribution in [0.25, 0.3) is 0 Å². The standard InChI is InChI=1S/C10H12ClNO4/c11-5-1-2-6(12-3-5)10-9(15)8(14)7(4-13)16-10/h1-3,7-10,13-15H,4H2/t7-,8-,9-,10?/m1/s1. The second-order valence-corrected chi connectivity index (χ2v) is 4.10. The lowest BCUT2D eigenvalue weighted by molar-refractivity contribution is -0.0239. The number of aliphatic hydroxyl groups is 3. The van der Waals surface area contributed by atoms with E-state index in [9.17, 15) is 10.2 Å². The molecule has 0 saturated carbocycles. The molecule has 1 fully saturated rings. The maximum atomic E-state index is 9.72. The molecular formula is C10H12ClNO4. The highest BCUT2D eigenvalue weighted by molar-refractivity contribution is 6.30. The summed E-state index contributed by atoms with van der Waals surface area (Å²) in [6.07, 6.45) is -2.27. The molecular weight excluding hydrogens is 234 g/mol. The van der Waals surface area contributed by atoms with E-state index >= 15 is 0 Å². The summed E-state index contributed by atoms with van der Waals surface area (Å²) >= 11 is 5.68. The zero-order valence-electron chi connectivity index (χ0n) is 8.32. The van der Waals surface area contributed by atoms with Gasteiger partial charge in [0.1, 0.15) is 24.4 Å². The van der Waals surface area contributed by atoms with Crippen LogP contribution < -0.4 is 0 Å². The third-order valence-corrected chi connectivity index (χ3v) is 2.81. The van der Waals surface area contributed by atoms with Crippen LogP contribution in [0.4, 0.5) is 0 Å². The molecule has 0 amide bonds. The van der Waals surface area contributed by atoms with E-state index in [4.69, 9.17) is 21.4 Å². The number of hydrogen-bond acceptors (Lipinski definition) is 5. The first kappa shape index (κ1) is 11.8. The number of hydrogen-bond donors (Lipinski definition) is 3. The highest BCUT2D eigenvalue weighted by Gasteiger charge is 2.43. The van der Waals surface area contributed by atoms with Gasteiger partial charge >= 0.3 is 0 Å². The van der Waals surface area contributed by atoms with Gasteiger partial charge in [-0.1, -0.05) is 11.6 Å². The van der Waals surface area contributed by atoms with Crippen LogP contribution in [0.1, 0.15) is 11.8 Å². The van der Waals surface area contributed by atoms with Gasteiger partial charge in [-0.3, -0.25) is 4.98 Å². The number of rotatable bonds is 2. The van der Waals surface area contributed by atoms with E-state index in [0.717, 1.165) is 0 Å². The summed E-state index contributed by atoms with van der Waals surface area (Å²) < 4.78 is 5.31. The van der Waals surface area contributed by atoms with Crippen molar-refractivity contribution in [2.75, 3.05) is 6.61 Å². The summed E-state index contributed by atoms with van der Waals surface area (Å²) in [6.45, 7) is -0.345. The highest BCUT2D eigenvalue weighted by Crippen LogP contribution is 2.32. The lowest BCUT2D eigenvalue weighted by atomic mass is 10.1. The predicted molar refractivity (Wildman–Crippen MR) is 56.0 cm³/mol.